The molecule has 60 valence electrons. The van der Waals surface area contributed by atoms with Crippen LogP contribution in [-0.4, -0.2) is 17.2 Å². The van der Waals surface area contributed by atoms with Crippen molar-refractivity contribution in [1.29, 1.82) is 0 Å². The monoisotopic (exact) mass is 153 g/mol. The van der Waals surface area contributed by atoms with Crippen molar-refractivity contribution < 1.29 is 9.59 Å². The van der Waals surface area contributed by atoms with Crippen molar-refractivity contribution in [3.63, 3.8) is 0 Å². The Morgan fingerprint density at radius 1 is 1.27 bits per heavy atom. The first-order chi connectivity index (χ1) is 5.23. The molecule has 1 N–H and O–H groups in total. The molecule has 2 fully saturated rings. The van der Waals surface area contributed by atoms with E-state index in [1.807, 2.05) is 0 Å². The van der Waals surface area contributed by atoms with E-state index in [2.05, 4.69) is 5.32 Å². The van der Waals surface area contributed by atoms with E-state index < -0.39 is 5.54 Å². The quantitative estimate of drug-likeness (QED) is 0.512. The Labute approximate surface area is 65.2 Å². The summed E-state index contributed by atoms with van der Waals surface area (Å²) in [4.78, 5) is 22.0. The van der Waals surface area contributed by atoms with Gasteiger partial charge >= 0.3 is 0 Å². The second kappa shape index (κ2) is 2.06. The van der Waals surface area contributed by atoms with Crippen LogP contribution in [0.3, 0.4) is 0 Å². The molecule has 0 bridgehead atoms. The molecule has 11 heavy (non-hydrogen) atoms. The number of nitrogens with one attached hydrogen (secondary N) is 1. The van der Waals surface area contributed by atoms with E-state index in [-0.39, 0.29) is 11.7 Å². The van der Waals surface area contributed by atoms with E-state index in [4.69, 9.17) is 0 Å². The highest BCUT2D eigenvalue weighted by Gasteiger charge is 2.49. The Kier molecular flexibility index (Phi) is 1.28. The summed E-state index contributed by atoms with van der Waals surface area (Å²) in [6.45, 7) is 0. The molecule has 3 heteroatoms. The molecule has 0 aromatic heterocycles. The minimum Gasteiger partial charge on any atom is -0.343 e. The Bertz CT molecular complexity index is 214. The lowest BCUT2D eigenvalue weighted by Gasteiger charge is -2.43. The Morgan fingerprint density at radius 3 is 2.55 bits per heavy atom. The van der Waals surface area contributed by atoms with Crippen molar-refractivity contribution >= 4 is 11.7 Å². The van der Waals surface area contributed by atoms with Crippen LogP contribution in [0.1, 0.15) is 32.1 Å². The molecule has 1 atom stereocenters. The normalized spacial score (nSPS) is 36.7. The third-order valence-corrected chi connectivity index (χ3v) is 2.63. The summed E-state index contributed by atoms with van der Waals surface area (Å²) in [6, 6.07) is 0. The van der Waals surface area contributed by atoms with Crippen molar-refractivity contribution in [2.24, 2.45) is 0 Å². The number of carbonyl (C=O) groups is 2. The number of rotatable bonds is 0. The highest BCUT2D eigenvalue weighted by Crippen LogP contribution is 2.33. The van der Waals surface area contributed by atoms with E-state index >= 15 is 0 Å². The minimum atomic E-state index is -0.407. The van der Waals surface area contributed by atoms with Crippen LogP contribution in [0.5, 0.6) is 0 Å². The lowest BCUT2D eigenvalue weighted by atomic mass is 9.73. The molecule has 1 saturated heterocycles. The fourth-order valence-corrected chi connectivity index (χ4v) is 1.93. The number of hydrogen-bond donors (Lipinski definition) is 1. The smallest absolute Gasteiger partial charge is 0.223 e. The second-order valence-corrected chi connectivity index (χ2v) is 3.44. The predicted octanol–water partition coefficient (Wildman–Crippen LogP) is 0.388. The molecule has 2 aliphatic rings. The fraction of sp³-hybridized carbons (Fsp3) is 0.750. The number of hydrogen-bond acceptors (Lipinski definition) is 2. The molecule has 1 aliphatic heterocycles. The number of carbonyl (C=O) groups excluding carboxylic acids is 2. The Balaban J connectivity index is 2.11. The molecule has 2 rings (SSSR count). The van der Waals surface area contributed by atoms with Crippen molar-refractivity contribution in [3.8, 4) is 0 Å². The van der Waals surface area contributed by atoms with Crippen LogP contribution >= 0.6 is 0 Å². The van der Waals surface area contributed by atoms with Crippen LogP contribution in [0.4, 0.5) is 0 Å². The lowest BCUT2D eigenvalue weighted by Crippen LogP contribution is -2.66. The van der Waals surface area contributed by atoms with Gasteiger partial charge in [-0.05, 0) is 12.8 Å². The lowest BCUT2D eigenvalue weighted by molar-refractivity contribution is -0.145. The van der Waals surface area contributed by atoms with Crippen molar-refractivity contribution in [1.82, 2.24) is 5.32 Å². The summed E-state index contributed by atoms with van der Waals surface area (Å²) >= 11 is 0. The maximum atomic E-state index is 11.3. The zero-order valence-corrected chi connectivity index (χ0v) is 6.35. The summed E-state index contributed by atoms with van der Waals surface area (Å²) in [5.74, 6) is 0.267. The molecule has 1 spiro atoms. The van der Waals surface area contributed by atoms with Crippen molar-refractivity contribution in [3.05, 3.63) is 0 Å². The van der Waals surface area contributed by atoms with E-state index in [1.165, 1.54) is 0 Å². The summed E-state index contributed by atoms with van der Waals surface area (Å²) in [6.07, 6.45) is 4.02. The van der Waals surface area contributed by atoms with Gasteiger partial charge in [0.1, 0.15) is 5.54 Å². The third kappa shape index (κ3) is 0.870. The van der Waals surface area contributed by atoms with Gasteiger partial charge in [-0.3, -0.25) is 9.59 Å². The minimum absolute atomic E-state index is 0.0280. The first-order valence-electron chi connectivity index (χ1n) is 4.07. The third-order valence-electron chi connectivity index (χ3n) is 2.63. The Hall–Kier alpha value is -0.860. The standard InChI is InChI=1S/C8H11NO2/c10-6-3-1-2-4-8(6)5-7(11)9-8/h1-5H2,(H,9,11). The van der Waals surface area contributed by atoms with Gasteiger partial charge in [0.15, 0.2) is 5.78 Å². The largest absolute Gasteiger partial charge is 0.343 e. The van der Waals surface area contributed by atoms with Gasteiger partial charge < -0.3 is 5.32 Å². The van der Waals surface area contributed by atoms with Crippen LogP contribution in [0.15, 0.2) is 0 Å². The summed E-state index contributed by atoms with van der Waals surface area (Å²) < 4.78 is 0. The first-order valence-corrected chi connectivity index (χ1v) is 4.07. The molecule has 0 aromatic carbocycles. The second-order valence-electron chi connectivity index (χ2n) is 3.44. The van der Waals surface area contributed by atoms with Crippen LogP contribution in [0.25, 0.3) is 0 Å². The van der Waals surface area contributed by atoms with E-state index in [0.29, 0.717) is 12.8 Å². The highest BCUT2D eigenvalue weighted by molar-refractivity contribution is 6.02. The van der Waals surface area contributed by atoms with Gasteiger partial charge in [-0.15, -0.1) is 0 Å². The molecule has 1 amide bonds. The zero-order chi connectivity index (χ0) is 7.90. The molecular weight excluding hydrogens is 142 g/mol. The van der Waals surface area contributed by atoms with E-state index in [9.17, 15) is 9.59 Å². The highest BCUT2D eigenvalue weighted by atomic mass is 16.2. The summed E-state index contributed by atoms with van der Waals surface area (Å²) in [5.41, 5.74) is -0.407. The Morgan fingerprint density at radius 2 is 2.00 bits per heavy atom. The van der Waals surface area contributed by atoms with Crippen molar-refractivity contribution in [2.75, 3.05) is 0 Å². The fourth-order valence-electron chi connectivity index (χ4n) is 1.93. The number of β-lactam (4-membered cyclic amide) rings is 1. The van der Waals surface area contributed by atoms with E-state index in [1.54, 1.807) is 0 Å². The predicted molar refractivity (Wildman–Crippen MR) is 39.0 cm³/mol. The number of amides is 1. The number of Topliss-reactive ketones (excluding diaryl/α,β-unsaturated/α-hetero) is 1. The molecule has 1 heterocycles. The molecule has 0 radical (unpaired) electrons. The average Bonchev–Trinajstić information content (AvgIpc) is 1.92. The van der Waals surface area contributed by atoms with E-state index in [0.717, 1.165) is 19.3 Å². The zero-order valence-electron chi connectivity index (χ0n) is 6.35. The van der Waals surface area contributed by atoms with Crippen LogP contribution in [-0.2, 0) is 9.59 Å². The van der Waals surface area contributed by atoms with Gasteiger partial charge in [-0.1, -0.05) is 6.42 Å². The van der Waals surface area contributed by atoms with Gasteiger partial charge in [0.25, 0.3) is 0 Å². The molecular formula is C8H11NO2. The summed E-state index contributed by atoms with van der Waals surface area (Å²) in [7, 11) is 0. The maximum absolute atomic E-state index is 11.3. The van der Waals surface area contributed by atoms with Gasteiger partial charge in [-0.2, -0.15) is 0 Å². The topological polar surface area (TPSA) is 46.2 Å². The molecule has 1 unspecified atom stereocenters. The van der Waals surface area contributed by atoms with Gasteiger partial charge in [0, 0.05) is 6.42 Å². The van der Waals surface area contributed by atoms with Gasteiger partial charge in [-0.25, -0.2) is 0 Å². The molecule has 3 nitrogen and oxygen atoms in total. The van der Waals surface area contributed by atoms with Gasteiger partial charge in [0.05, 0.1) is 6.42 Å². The van der Waals surface area contributed by atoms with Crippen LogP contribution in [0.2, 0.25) is 0 Å². The SMILES string of the molecule is O=C1CC2(CCCCC2=O)N1. The maximum Gasteiger partial charge on any atom is 0.223 e. The van der Waals surface area contributed by atoms with Crippen LogP contribution in [0, 0.1) is 0 Å². The van der Waals surface area contributed by atoms with Crippen LogP contribution < -0.4 is 5.32 Å². The average molecular weight is 153 g/mol. The molecule has 1 saturated carbocycles. The molecule has 1 aliphatic carbocycles. The van der Waals surface area contributed by atoms with Gasteiger partial charge in [0.2, 0.25) is 5.91 Å². The summed E-state index contributed by atoms with van der Waals surface area (Å²) in [5, 5.41) is 2.72. The first kappa shape index (κ1) is 6.83. The van der Waals surface area contributed by atoms with Crippen molar-refractivity contribution in [2.45, 2.75) is 37.6 Å². The number of ketones is 1. The molecule has 0 aromatic rings.